The van der Waals surface area contributed by atoms with Crippen LogP contribution in [0.15, 0.2) is 24.3 Å². The molecule has 1 heterocycles. The van der Waals surface area contributed by atoms with E-state index in [-0.39, 0.29) is 24.3 Å². The number of hydrogen-bond acceptors (Lipinski definition) is 3. The summed E-state index contributed by atoms with van der Waals surface area (Å²) >= 11 is 0. The van der Waals surface area contributed by atoms with Gasteiger partial charge in [0, 0.05) is 12.0 Å². The molecule has 0 radical (unpaired) electrons. The standard InChI is InChI=1S/C19H26N2O3/c1-18(12-22,13-7-8-13)21-17(23)20-15-11-19(9-4-10-19)24-16-6-3-2-5-14(15)16/h2-3,5-6,13,15,22H,4,7-12H2,1H3,(H2,20,21,23). The summed E-state index contributed by atoms with van der Waals surface area (Å²) in [6.45, 7) is 1.90. The monoisotopic (exact) mass is 330 g/mol. The van der Waals surface area contributed by atoms with Crippen LogP contribution in [0, 0.1) is 5.92 Å². The lowest BCUT2D eigenvalue weighted by molar-refractivity contribution is -0.0356. The normalized spacial score (nSPS) is 26.5. The number of ether oxygens (including phenoxy) is 1. The van der Waals surface area contributed by atoms with Crippen molar-refractivity contribution in [3.8, 4) is 5.75 Å². The van der Waals surface area contributed by atoms with Crippen molar-refractivity contribution in [2.75, 3.05) is 6.61 Å². The predicted molar refractivity (Wildman–Crippen MR) is 90.9 cm³/mol. The van der Waals surface area contributed by atoms with Gasteiger partial charge in [-0.15, -0.1) is 0 Å². The van der Waals surface area contributed by atoms with E-state index in [2.05, 4.69) is 10.6 Å². The first-order valence-electron chi connectivity index (χ1n) is 9.01. The van der Waals surface area contributed by atoms with Crippen LogP contribution < -0.4 is 15.4 Å². The molecule has 3 aliphatic rings. The summed E-state index contributed by atoms with van der Waals surface area (Å²) < 4.78 is 6.23. The van der Waals surface area contributed by atoms with Crippen LogP contribution in [-0.4, -0.2) is 28.9 Å². The molecule has 2 fully saturated rings. The first-order valence-corrected chi connectivity index (χ1v) is 9.01. The van der Waals surface area contributed by atoms with Gasteiger partial charge in [-0.3, -0.25) is 0 Å². The zero-order chi connectivity index (χ0) is 16.8. The van der Waals surface area contributed by atoms with Crippen LogP contribution in [0.5, 0.6) is 5.75 Å². The Kier molecular flexibility index (Phi) is 3.71. The van der Waals surface area contributed by atoms with Gasteiger partial charge in [0.2, 0.25) is 0 Å². The minimum Gasteiger partial charge on any atom is -0.487 e. The Balaban J connectivity index is 1.49. The van der Waals surface area contributed by atoms with E-state index in [1.54, 1.807) is 0 Å². The summed E-state index contributed by atoms with van der Waals surface area (Å²) in [6.07, 6.45) is 6.25. The molecule has 5 heteroatoms. The van der Waals surface area contributed by atoms with Crippen molar-refractivity contribution in [3.05, 3.63) is 29.8 Å². The van der Waals surface area contributed by atoms with Gasteiger partial charge in [0.05, 0.1) is 18.2 Å². The van der Waals surface area contributed by atoms with Crippen molar-refractivity contribution in [1.29, 1.82) is 0 Å². The van der Waals surface area contributed by atoms with Crippen molar-refractivity contribution in [2.45, 2.75) is 62.6 Å². The maximum atomic E-state index is 12.6. The molecule has 130 valence electrons. The van der Waals surface area contributed by atoms with Crippen molar-refractivity contribution in [2.24, 2.45) is 5.92 Å². The number of para-hydroxylation sites is 1. The fourth-order valence-corrected chi connectivity index (χ4v) is 4.07. The lowest BCUT2D eigenvalue weighted by atomic mass is 9.73. The zero-order valence-corrected chi connectivity index (χ0v) is 14.2. The Hall–Kier alpha value is -1.75. The highest BCUT2D eigenvalue weighted by molar-refractivity contribution is 5.75. The predicted octanol–water partition coefficient (Wildman–Crippen LogP) is 2.89. The van der Waals surface area contributed by atoms with E-state index in [1.807, 2.05) is 31.2 Å². The summed E-state index contributed by atoms with van der Waals surface area (Å²) in [4.78, 5) is 12.6. The second-order valence-corrected chi connectivity index (χ2v) is 7.88. The van der Waals surface area contributed by atoms with E-state index in [9.17, 15) is 9.90 Å². The van der Waals surface area contributed by atoms with Crippen LogP contribution in [0.25, 0.3) is 0 Å². The minimum absolute atomic E-state index is 0.0284. The highest BCUT2D eigenvalue weighted by Gasteiger charge is 2.47. The molecule has 24 heavy (non-hydrogen) atoms. The summed E-state index contributed by atoms with van der Waals surface area (Å²) in [5, 5.41) is 15.8. The number of carbonyl (C=O) groups excluding carboxylic acids is 1. The molecular weight excluding hydrogens is 304 g/mol. The van der Waals surface area contributed by atoms with Gasteiger partial charge in [0.25, 0.3) is 0 Å². The van der Waals surface area contributed by atoms with E-state index in [0.29, 0.717) is 5.92 Å². The number of amides is 2. The minimum atomic E-state index is -0.525. The lowest BCUT2D eigenvalue weighted by Gasteiger charge is -2.48. The lowest BCUT2D eigenvalue weighted by Crippen LogP contribution is -2.56. The fourth-order valence-electron chi connectivity index (χ4n) is 4.07. The van der Waals surface area contributed by atoms with Crippen molar-refractivity contribution >= 4 is 6.03 Å². The molecule has 1 aromatic rings. The highest BCUT2D eigenvalue weighted by Crippen LogP contribution is 2.48. The second kappa shape index (κ2) is 5.66. The molecular formula is C19H26N2O3. The molecule has 5 nitrogen and oxygen atoms in total. The first-order chi connectivity index (χ1) is 11.5. The molecule has 2 unspecified atom stereocenters. The Morgan fingerprint density at radius 3 is 2.75 bits per heavy atom. The van der Waals surface area contributed by atoms with Crippen molar-refractivity contribution in [1.82, 2.24) is 10.6 Å². The molecule has 2 amide bonds. The van der Waals surface area contributed by atoms with E-state index < -0.39 is 5.54 Å². The van der Waals surface area contributed by atoms with Crippen LogP contribution in [0.4, 0.5) is 4.79 Å². The van der Waals surface area contributed by atoms with Gasteiger partial charge in [-0.1, -0.05) is 18.2 Å². The third-order valence-electron chi connectivity index (χ3n) is 5.97. The molecule has 1 aromatic carbocycles. The molecule has 3 N–H and O–H groups in total. The number of benzene rings is 1. The van der Waals surface area contributed by atoms with Crippen molar-refractivity contribution in [3.63, 3.8) is 0 Å². The number of carbonyl (C=O) groups is 1. The number of aliphatic hydroxyl groups is 1. The van der Waals surface area contributed by atoms with E-state index in [0.717, 1.165) is 43.4 Å². The smallest absolute Gasteiger partial charge is 0.315 e. The summed E-state index contributed by atoms with van der Waals surface area (Å²) in [5.74, 6) is 1.27. The molecule has 0 bridgehead atoms. The SMILES string of the molecule is CC(CO)(NC(=O)NC1CC2(CCC2)Oc2ccccc21)C1CC1. The van der Waals surface area contributed by atoms with E-state index >= 15 is 0 Å². The third kappa shape index (κ3) is 2.75. The molecule has 1 aliphatic heterocycles. The van der Waals surface area contributed by atoms with Gasteiger partial charge in [-0.25, -0.2) is 4.79 Å². The maximum Gasteiger partial charge on any atom is 0.315 e. The molecule has 2 saturated carbocycles. The molecule has 1 spiro atoms. The van der Waals surface area contributed by atoms with Crippen LogP contribution in [-0.2, 0) is 0 Å². The Labute approximate surface area is 142 Å². The number of urea groups is 1. The Bertz CT molecular complexity index is 639. The summed E-state index contributed by atoms with van der Waals surface area (Å²) in [5.41, 5.74) is 0.411. The molecule has 2 atom stereocenters. The third-order valence-corrected chi connectivity index (χ3v) is 5.97. The molecule has 4 rings (SSSR count). The number of hydrogen-bond donors (Lipinski definition) is 3. The Morgan fingerprint density at radius 1 is 1.38 bits per heavy atom. The van der Waals surface area contributed by atoms with E-state index in [4.69, 9.17) is 4.74 Å². The summed E-state index contributed by atoms with van der Waals surface area (Å²) in [7, 11) is 0. The summed E-state index contributed by atoms with van der Waals surface area (Å²) in [6, 6.07) is 7.73. The van der Waals surface area contributed by atoms with Crippen LogP contribution in [0.1, 0.15) is 57.1 Å². The second-order valence-electron chi connectivity index (χ2n) is 7.88. The number of rotatable bonds is 4. The van der Waals surface area contributed by atoms with E-state index in [1.165, 1.54) is 6.42 Å². The number of nitrogens with one attached hydrogen (secondary N) is 2. The fraction of sp³-hybridized carbons (Fsp3) is 0.632. The quantitative estimate of drug-likeness (QED) is 0.795. The molecule has 0 aromatic heterocycles. The maximum absolute atomic E-state index is 12.6. The average molecular weight is 330 g/mol. The van der Waals surface area contributed by atoms with Gasteiger partial charge in [0.15, 0.2) is 0 Å². The van der Waals surface area contributed by atoms with Gasteiger partial charge < -0.3 is 20.5 Å². The van der Waals surface area contributed by atoms with Crippen LogP contribution in [0.2, 0.25) is 0 Å². The molecule has 0 saturated heterocycles. The topological polar surface area (TPSA) is 70.6 Å². The number of fused-ring (bicyclic) bond motifs is 1. The Morgan fingerprint density at radius 2 is 2.12 bits per heavy atom. The van der Waals surface area contributed by atoms with Gasteiger partial charge in [0.1, 0.15) is 11.4 Å². The van der Waals surface area contributed by atoms with Crippen molar-refractivity contribution < 1.29 is 14.6 Å². The van der Waals surface area contributed by atoms with Gasteiger partial charge in [-0.05, 0) is 51.0 Å². The van der Waals surface area contributed by atoms with Gasteiger partial charge in [-0.2, -0.15) is 0 Å². The molecule has 2 aliphatic carbocycles. The van der Waals surface area contributed by atoms with Crippen LogP contribution in [0.3, 0.4) is 0 Å². The zero-order valence-electron chi connectivity index (χ0n) is 14.2. The average Bonchev–Trinajstić information content (AvgIpc) is 3.38. The largest absolute Gasteiger partial charge is 0.487 e. The first kappa shape index (κ1) is 15.8. The van der Waals surface area contributed by atoms with Crippen LogP contribution >= 0.6 is 0 Å². The number of aliphatic hydroxyl groups excluding tert-OH is 1. The van der Waals surface area contributed by atoms with Gasteiger partial charge >= 0.3 is 6.03 Å². The highest BCUT2D eigenvalue weighted by atomic mass is 16.5.